The van der Waals surface area contributed by atoms with E-state index in [1.165, 1.54) is 11.9 Å². The van der Waals surface area contributed by atoms with Gasteiger partial charge in [-0.15, -0.1) is 5.10 Å². The van der Waals surface area contributed by atoms with Gasteiger partial charge in [0.2, 0.25) is 0 Å². The summed E-state index contributed by atoms with van der Waals surface area (Å²) in [5.74, 6) is 0.406. The molecule has 2 N–H and O–H groups in total. The van der Waals surface area contributed by atoms with E-state index in [0.29, 0.717) is 39.4 Å². The molecule has 0 aliphatic heterocycles. The number of nitrogens with zero attached hydrogens (tertiary/aromatic N) is 7. The Bertz CT molecular complexity index is 2240. The normalized spacial score (nSPS) is 14.4. The van der Waals surface area contributed by atoms with Crippen molar-refractivity contribution in [2.45, 2.75) is 55.9 Å². The van der Waals surface area contributed by atoms with Crippen LogP contribution in [0.15, 0.2) is 78.1 Å². The smallest absolute Gasteiger partial charge is 0.319 e. The summed E-state index contributed by atoms with van der Waals surface area (Å²) in [5.41, 5.74) is 1.20. The first-order valence-electron chi connectivity index (χ1n) is 17.2. The summed E-state index contributed by atoms with van der Waals surface area (Å²) in [4.78, 5) is 34.1. The van der Waals surface area contributed by atoms with Crippen molar-refractivity contribution >= 4 is 62.6 Å². The second-order valence-corrected chi connectivity index (χ2v) is 14.7. The van der Waals surface area contributed by atoms with Crippen LogP contribution >= 0.6 is 23.5 Å². The van der Waals surface area contributed by atoms with Gasteiger partial charge in [0.05, 0.1) is 5.39 Å². The minimum atomic E-state index is -0.643. The van der Waals surface area contributed by atoms with Gasteiger partial charge in [0.15, 0.2) is 18.2 Å². The number of amides is 1. The van der Waals surface area contributed by atoms with Crippen LogP contribution in [0.25, 0.3) is 32.9 Å². The number of carbonyl (C=O) groups excluding carboxylic acids is 1. The Morgan fingerprint density at radius 1 is 1.10 bits per heavy atom. The molecule has 11 nitrogen and oxygen atoms in total. The Morgan fingerprint density at radius 2 is 1.87 bits per heavy atom. The first-order valence-corrected chi connectivity index (χ1v) is 18.4. The molecule has 1 atom stereocenters. The van der Waals surface area contributed by atoms with Crippen LogP contribution in [0.1, 0.15) is 51.3 Å². The Hall–Kier alpha value is -4.85. The largest absolute Gasteiger partial charge is 0.453 e. The van der Waals surface area contributed by atoms with Crippen LogP contribution < -0.4 is 15.4 Å². The molecule has 3 aromatic carbocycles. The van der Waals surface area contributed by atoms with Crippen molar-refractivity contribution < 1.29 is 13.9 Å². The van der Waals surface area contributed by atoms with Gasteiger partial charge in [-0.1, -0.05) is 55.8 Å². The van der Waals surface area contributed by atoms with E-state index in [4.69, 9.17) is 16.3 Å². The molecule has 268 valence electrons. The first-order chi connectivity index (χ1) is 25.1. The fraction of sp³-hybridized carbons (Fsp3) is 0.316. The van der Waals surface area contributed by atoms with Crippen molar-refractivity contribution in [3.05, 3.63) is 89.9 Å². The molecule has 3 aromatic heterocycles. The topological polar surface area (TPSA) is 123 Å². The molecular weight excluding hydrogens is 701 g/mol. The standard InChI is InChI=1S/C38H39ClFN9O2S/c1-5-23(2)35-43-22-49(47-35)52-26-15-13-25(14-16-26)44-30(50)20-51-37-45-34-28(36(46-37)42-21-38(48(3)4)17-8-18-38)19-41-33(32(34)40)27-11-6-9-24-10-7-12-29(39)31(24)27/h6-7,9-16,19,22-23H,5,8,17-18,20-21H2,1-4H3,(H,44,50)(H,42,45,46). The third kappa shape index (κ3) is 7.25. The first kappa shape index (κ1) is 35.5. The van der Waals surface area contributed by atoms with Crippen LogP contribution in [-0.4, -0.2) is 72.7 Å². The number of fused-ring (bicyclic) bond motifs is 2. The maximum Gasteiger partial charge on any atom is 0.319 e. The van der Waals surface area contributed by atoms with E-state index in [1.54, 1.807) is 40.9 Å². The highest BCUT2D eigenvalue weighted by atomic mass is 35.5. The molecule has 1 fully saturated rings. The second-order valence-electron chi connectivity index (χ2n) is 13.3. The number of anilines is 2. The van der Waals surface area contributed by atoms with Crippen molar-refractivity contribution in [2.75, 3.05) is 37.9 Å². The number of rotatable bonds is 13. The molecule has 1 amide bonds. The van der Waals surface area contributed by atoms with Gasteiger partial charge in [-0.2, -0.15) is 14.1 Å². The summed E-state index contributed by atoms with van der Waals surface area (Å²) in [6.45, 7) is 4.39. The van der Waals surface area contributed by atoms with Gasteiger partial charge in [-0.25, -0.2) is 9.37 Å². The van der Waals surface area contributed by atoms with Gasteiger partial charge in [-0.3, -0.25) is 9.78 Å². The molecular formula is C38H39ClFN9O2S. The van der Waals surface area contributed by atoms with Gasteiger partial charge >= 0.3 is 6.01 Å². The third-order valence-corrected chi connectivity index (χ3v) is 11.0. The minimum absolute atomic E-state index is 0.0196. The van der Waals surface area contributed by atoms with E-state index in [0.717, 1.165) is 41.8 Å². The molecule has 1 aliphatic rings. The van der Waals surface area contributed by atoms with Crippen LogP contribution in [0.4, 0.5) is 15.9 Å². The average Bonchev–Trinajstić information content (AvgIpc) is 3.59. The Labute approximate surface area is 310 Å². The van der Waals surface area contributed by atoms with Gasteiger partial charge < -0.3 is 20.3 Å². The quantitative estimate of drug-likeness (QED) is 0.120. The zero-order valence-electron chi connectivity index (χ0n) is 29.4. The highest BCUT2D eigenvalue weighted by molar-refractivity contribution is 7.97. The van der Waals surface area contributed by atoms with Gasteiger partial charge in [0.1, 0.15) is 23.4 Å². The predicted octanol–water partition coefficient (Wildman–Crippen LogP) is 8.21. The molecule has 1 aliphatic carbocycles. The molecule has 1 unspecified atom stereocenters. The highest BCUT2D eigenvalue weighted by Gasteiger charge is 2.39. The van der Waals surface area contributed by atoms with Crippen LogP contribution in [-0.2, 0) is 4.79 Å². The molecule has 52 heavy (non-hydrogen) atoms. The minimum Gasteiger partial charge on any atom is -0.453 e. The van der Waals surface area contributed by atoms with E-state index in [2.05, 4.69) is 68.5 Å². The second kappa shape index (κ2) is 15.0. The fourth-order valence-electron chi connectivity index (χ4n) is 6.28. The summed E-state index contributed by atoms with van der Waals surface area (Å²) >= 11 is 8.02. The van der Waals surface area contributed by atoms with Crippen molar-refractivity contribution in [1.29, 1.82) is 0 Å². The SMILES string of the molecule is CCC(C)c1ncn(Sc2ccc(NC(=O)COc3nc(NCC4(N(C)C)CCC4)c4cnc(-c5cccc6cccc(Cl)c56)c(F)c4n3)cc2)n1. The van der Waals surface area contributed by atoms with E-state index in [1.807, 2.05) is 36.4 Å². The average molecular weight is 740 g/mol. The summed E-state index contributed by atoms with van der Waals surface area (Å²) in [5, 5.41) is 13.2. The van der Waals surface area contributed by atoms with E-state index in [9.17, 15) is 4.79 Å². The molecule has 7 rings (SSSR count). The third-order valence-electron chi connectivity index (χ3n) is 9.80. The van der Waals surface area contributed by atoms with Crippen LogP contribution in [0, 0.1) is 5.82 Å². The number of aromatic nitrogens is 6. The molecule has 0 spiro atoms. The molecule has 6 aromatic rings. The van der Waals surface area contributed by atoms with Crippen LogP contribution in [0.2, 0.25) is 5.02 Å². The number of carbonyl (C=O) groups is 1. The highest BCUT2D eigenvalue weighted by Crippen LogP contribution is 2.39. The van der Waals surface area contributed by atoms with E-state index in [-0.39, 0.29) is 35.3 Å². The lowest BCUT2D eigenvalue weighted by Crippen LogP contribution is -2.54. The summed E-state index contributed by atoms with van der Waals surface area (Å²) in [7, 11) is 4.11. The van der Waals surface area contributed by atoms with Gasteiger partial charge in [0.25, 0.3) is 5.91 Å². The summed E-state index contributed by atoms with van der Waals surface area (Å²) < 4.78 is 24.1. The fourth-order valence-corrected chi connectivity index (χ4v) is 7.26. The Balaban J connectivity index is 1.12. The Kier molecular flexibility index (Phi) is 10.3. The lowest BCUT2D eigenvalue weighted by atomic mass is 9.75. The summed E-state index contributed by atoms with van der Waals surface area (Å²) in [6, 6.07) is 18.3. The molecule has 3 heterocycles. The van der Waals surface area contributed by atoms with Crippen molar-refractivity contribution in [2.24, 2.45) is 0 Å². The zero-order chi connectivity index (χ0) is 36.4. The van der Waals surface area contributed by atoms with Gasteiger partial charge in [0, 0.05) is 62.7 Å². The zero-order valence-corrected chi connectivity index (χ0v) is 30.9. The van der Waals surface area contributed by atoms with E-state index < -0.39 is 11.7 Å². The van der Waals surface area contributed by atoms with Crippen LogP contribution in [0.5, 0.6) is 6.01 Å². The lowest BCUT2D eigenvalue weighted by molar-refractivity contribution is -0.118. The number of benzene rings is 3. The number of likely N-dealkylation sites (N-methyl/N-ethyl adjacent to an activating group) is 1. The maximum atomic E-state index is 16.6. The lowest BCUT2D eigenvalue weighted by Gasteiger charge is -2.47. The van der Waals surface area contributed by atoms with Crippen LogP contribution in [0.3, 0.4) is 0 Å². The monoisotopic (exact) mass is 739 g/mol. The number of hydrogen-bond acceptors (Lipinski definition) is 10. The molecule has 0 bridgehead atoms. The number of halogens is 2. The molecule has 1 saturated carbocycles. The Morgan fingerprint density at radius 3 is 2.58 bits per heavy atom. The number of nitrogens with one attached hydrogen (secondary N) is 2. The van der Waals surface area contributed by atoms with Gasteiger partial charge in [-0.05, 0) is 75.5 Å². The van der Waals surface area contributed by atoms with Crippen molar-refractivity contribution in [3.8, 4) is 17.3 Å². The number of hydrogen-bond donors (Lipinski definition) is 2. The number of ether oxygens (including phenoxy) is 1. The number of pyridine rings is 1. The molecule has 0 saturated heterocycles. The van der Waals surface area contributed by atoms with Crippen molar-refractivity contribution in [3.63, 3.8) is 0 Å². The van der Waals surface area contributed by atoms with Crippen molar-refractivity contribution in [1.82, 2.24) is 34.0 Å². The summed E-state index contributed by atoms with van der Waals surface area (Å²) in [6.07, 6.45) is 7.41. The molecule has 14 heteroatoms. The maximum absolute atomic E-state index is 16.6. The molecule has 0 radical (unpaired) electrons. The van der Waals surface area contributed by atoms with E-state index >= 15 is 4.39 Å². The predicted molar refractivity (Wildman–Crippen MR) is 205 cm³/mol.